The molecule has 0 aliphatic heterocycles. The Hall–Kier alpha value is -2.34. The van der Waals surface area contributed by atoms with Gasteiger partial charge in [-0.05, 0) is 24.6 Å². The van der Waals surface area contributed by atoms with Crippen LogP contribution in [0.15, 0.2) is 35.9 Å². The van der Waals surface area contributed by atoms with Gasteiger partial charge in [0.15, 0.2) is 5.13 Å². The highest BCUT2D eigenvalue weighted by Crippen LogP contribution is 2.29. The van der Waals surface area contributed by atoms with Crippen LogP contribution >= 0.6 is 11.3 Å². The molecule has 0 spiro atoms. The number of aromatic nitrogens is 1. The van der Waals surface area contributed by atoms with Gasteiger partial charge in [0.05, 0.1) is 14.2 Å². The Morgan fingerprint density at radius 1 is 1.33 bits per heavy atom. The van der Waals surface area contributed by atoms with E-state index in [-0.39, 0.29) is 5.91 Å². The van der Waals surface area contributed by atoms with Crippen molar-refractivity contribution in [1.29, 1.82) is 0 Å². The Balaban J connectivity index is 2.20. The smallest absolute Gasteiger partial charge is 0.250 e. The van der Waals surface area contributed by atoms with Crippen molar-refractivity contribution in [2.45, 2.75) is 6.92 Å². The summed E-state index contributed by atoms with van der Waals surface area (Å²) in [5, 5.41) is 5.09. The lowest BCUT2D eigenvalue weighted by molar-refractivity contribution is -0.111. The van der Waals surface area contributed by atoms with Gasteiger partial charge in [-0.2, -0.15) is 0 Å². The average Bonchev–Trinajstić information content (AvgIpc) is 2.99. The molecular weight excluding hydrogens is 288 g/mol. The highest BCUT2D eigenvalue weighted by atomic mass is 32.1. The lowest BCUT2D eigenvalue weighted by Gasteiger charge is -2.10. The number of nitrogens with one attached hydrogen (secondary N) is 1. The second kappa shape index (κ2) is 6.90. The SMILES string of the molecule is COc1ccc(/C(C)=C/C(=O)Nc2nccs2)c(OC)c1. The quantitative estimate of drug-likeness (QED) is 0.862. The number of carbonyl (C=O) groups is 1. The number of hydrogen-bond acceptors (Lipinski definition) is 5. The van der Waals surface area contributed by atoms with Crippen LogP contribution in [0.5, 0.6) is 11.5 Å². The molecule has 5 nitrogen and oxygen atoms in total. The number of hydrogen-bond donors (Lipinski definition) is 1. The molecule has 0 saturated carbocycles. The second-order valence-corrected chi connectivity index (χ2v) is 5.11. The molecule has 2 rings (SSSR count). The molecule has 0 fully saturated rings. The first-order chi connectivity index (χ1) is 10.1. The van der Waals surface area contributed by atoms with Gasteiger partial charge in [0, 0.05) is 29.3 Å². The lowest BCUT2D eigenvalue weighted by Crippen LogP contribution is -2.08. The Bertz CT molecular complexity index is 651. The zero-order chi connectivity index (χ0) is 15.2. The molecule has 0 atom stereocenters. The van der Waals surface area contributed by atoms with E-state index in [4.69, 9.17) is 9.47 Å². The zero-order valence-corrected chi connectivity index (χ0v) is 12.9. The molecular formula is C15H16N2O3S. The number of thiazole rings is 1. The third kappa shape index (κ3) is 3.82. The van der Waals surface area contributed by atoms with E-state index in [1.165, 1.54) is 17.4 Å². The van der Waals surface area contributed by atoms with Crippen LogP contribution in [0.2, 0.25) is 0 Å². The highest BCUT2D eigenvalue weighted by molar-refractivity contribution is 7.13. The van der Waals surface area contributed by atoms with Crippen molar-refractivity contribution in [3.05, 3.63) is 41.4 Å². The molecule has 1 aromatic heterocycles. The van der Waals surface area contributed by atoms with Crippen LogP contribution in [-0.2, 0) is 4.79 Å². The molecule has 21 heavy (non-hydrogen) atoms. The number of rotatable bonds is 5. The molecule has 0 radical (unpaired) electrons. The molecule has 0 aliphatic carbocycles. The van der Waals surface area contributed by atoms with E-state index in [0.717, 1.165) is 11.1 Å². The third-order valence-corrected chi connectivity index (χ3v) is 3.53. The minimum absolute atomic E-state index is 0.222. The highest BCUT2D eigenvalue weighted by Gasteiger charge is 2.09. The Labute approximate surface area is 127 Å². The molecule has 2 aromatic rings. The van der Waals surface area contributed by atoms with Gasteiger partial charge in [-0.1, -0.05) is 0 Å². The molecule has 0 saturated heterocycles. The monoisotopic (exact) mass is 304 g/mol. The Morgan fingerprint density at radius 3 is 2.76 bits per heavy atom. The van der Waals surface area contributed by atoms with Crippen molar-refractivity contribution >= 4 is 27.9 Å². The molecule has 1 amide bonds. The van der Waals surface area contributed by atoms with E-state index in [1.807, 2.05) is 19.1 Å². The number of benzene rings is 1. The van der Waals surface area contributed by atoms with Crippen molar-refractivity contribution in [2.24, 2.45) is 0 Å². The van der Waals surface area contributed by atoms with Crippen LogP contribution in [-0.4, -0.2) is 25.1 Å². The molecule has 1 aromatic carbocycles. The van der Waals surface area contributed by atoms with E-state index < -0.39 is 0 Å². The molecule has 0 bridgehead atoms. The predicted octanol–water partition coefficient (Wildman–Crippen LogP) is 3.20. The summed E-state index contributed by atoms with van der Waals surface area (Å²) < 4.78 is 10.5. The summed E-state index contributed by atoms with van der Waals surface area (Å²) in [7, 11) is 3.18. The van der Waals surface area contributed by atoms with Crippen LogP contribution in [0.4, 0.5) is 5.13 Å². The van der Waals surface area contributed by atoms with E-state index in [1.54, 1.807) is 31.9 Å². The van der Waals surface area contributed by atoms with E-state index >= 15 is 0 Å². The average molecular weight is 304 g/mol. The predicted molar refractivity (Wildman–Crippen MR) is 83.9 cm³/mol. The maximum Gasteiger partial charge on any atom is 0.250 e. The molecule has 110 valence electrons. The van der Waals surface area contributed by atoms with E-state index in [0.29, 0.717) is 16.6 Å². The van der Waals surface area contributed by atoms with Gasteiger partial charge >= 0.3 is 0 Å². The molecule has 0 unspecified atom stereocenters. The van der Waals surface area contributed by atoms with Gasteiger partial charge in [-0.25, -0.2) is 4.98 Å². The number of carbonyl (C=O) groups excluding carboxylic acids is 1. The van der Waals surface area contributed by atoms with Crippen LogP contribution < -0.4 is 14.8 Å². The zero-order valence-electron chi connectivity index (χ0n) is 12.0. The Kier molecular flexibility index (Phi) is 4.94. The molecule has 6 heteroatoms. The fourth-order valence-corrected chi connectivity index (χ4v) is 2.36. The van der Waals surface area contributed by atoms with Gasteiger partial charge in [0.25, 0.3) is 0 Å². The van der Waals surface area contributed by atoms with Crippen molar-refractivity contribution < 1.29 is 14.3 Å². The first kappa shape index (κ1) is 15.1. The molecule has 1 heterocycles. The summed E-state index contributed by atoms with van der Waals surface area (Å²) >= 11 is 1.37. The van der Waals surface area contributed by atoms with Crippen LogP contribution in [0.3, 0.4) is 0 Å². The van der Waals surface area contributed by atoms with Gasteiger partial charge in [0.1, 0.15) is 11.5 Å². The second-order valence-electron chi connectivity index (χ2n) is 4.22. The molecule has 0 aliphatic rings. The topological polar surface area (TPSA) is 60.5 Å². The van der Waals surface area contributed by atoms with Gasteiger partial charge in [-0.15, -0.1) is 11.3 Å². The maximum atomic E-state index is 11.9. The van der Waals surface area contributed by atoms with Crippen molar-refractivity contribution in [3.8, 4) is 11.5 Å². The van der Waals surface area contributed by atoms with E-state index in [2.05, 4.69) is 10.3 Å². The lowest BCUT2D eigenvalue weighted by atomic mass is 10.1. The number of nitrogens with zero attached hydrogens (tertiary/aromatic N) is 1. The number of ether oxygens (including phenoxy) is 2. The van der Waals surface area contributed by atoms with Crippen molar-refractivity contribution in [1.82, 2.24) is 4.98 Å². The van der Waals surface area contributed by atoms with Crippen LogP contribution in [0.25, 0.3) is 5.57 Å². The van der Waals surface area contributed by atoms with Gasteiger partial charge in [0.2, 0.25) is 5.91 Å². The summed E-state index contributed by atoms with van der Waals surface area (Å²) in [5.41, 5.74) is 1.64. The van der Waals surface area contributed by atoms with Crippen molar-refractivity contribution in [3.63, 3.8) is 0 Å². The third-order valence-electron chi connectivity index (χ3n) is 2.84. The largest absolute Gasteiger partial charge is 0.497 e. The first-order valence-corrected chi connectivity index (χ1v) is 7.13. The number of amides is 1. The standard InChI is InChI=1S/C15H16N2O3S/c1-10(8-14(18)17-15-16-6-7-21-15)12-5-4-11(19-2)9-13(12)20-3/h4-9H,1-3H3,(H,16,17,18)/b10-8+. The summed E-state index contributed by atoms with van der Waals surface area (Å²) in [6, 6.07) is 5.47. The summed E-state index contributed by atoms with van der Waals surface area (Å²) in [4.78, 5) is 15.9. The van der Waals surface area contributed by atoms with Crippen LogP contribution in [0, 0.1) is 0 Å². The fraction of sp³-hybridized carbons (Fsp3) is 0.200. The summed E-state index contributed by atoms with van der Waals surface area (Å²) in [5.74, 6) is 1.14. The van der Waals surface area contributed by atoms with Gasteiger partial charge in [-0.3, -0.25) is 10.1 Å². The van der Waals surface area contributed by atoms with E-state index in [9.17, 15) is 4.79 Å². The number of methoxy groups -OCH3 is 2. The van der Waals surface area contributed by atoms with Crippen LogP contribution in [0.1, 0.15) is 12.5 Å². The molecule has 1 N–H and O–H groups in total. The normalized spacial score (nSPS) is 11.1. The minimum Gasteiger partial charge on any atom is -0.497 e. The summed E-state index contributed by atoms with van der Waals surface area (Å²) in [6.07, 6.45) is 3.16. The van der Waals surface area contributed by atoms with Gasteiger partial charge < -0.3 is 9.47 Å². The summed E-state index contributed by atoms with van der Waals surface area (Å²) in [6.45, 7) is 1.85. The Morgan fingerprint density at radius 2 is 2.14 bits per heavy atom. The maximum absolute atomic E-state index is 11.9. The first-order valence-electron chi connectivity index (χ1n) is 6.25. The van der Waals surface area contributed by atoms with Crippen molar-refractivity contribution in [2.75, 3.05) is 19.5 Å². The number of anilines is 1. The number of allylic oxidation sites excluding steroid dienone is 1. The minimum atomic E-state index is -0.222. The fourth-order valence-electron chi connectivity index (χ4n) is 1.83.